The Hall–Kier alpha value is -3.97. The predicted octanol–water partition coefficient (Wildman–Crippen LogP) is 5.51. The molecule has 194 valence electrons. The molecular formula is C24H19F3N2O6S2. The molecule has 2 heterocycles. The van der Waals surface area contributed by atoms with Crippen molar-refractivity contribution >= 4 is 57.0 Å². The van der Waals surface area contributed by atoms with E-state index >= 15 is 0 Å². The number of esters is 2. The lowest BCUT2D eigenvalue weighted by Gasteiger charge is -2.10. The number of amides is 1. The van der Waals surface area contributed by atoms with E-state index < -0.39 is 36.4 Å². The second-order valence-electron chi connectivity index (χ2n) is 7.06. The molecule has 2 N–H and O–H groups in total. The first-order valence-electron chi connectivity index (χ1n) is 10.5. The van der Waals surface area contributed by atoms with Crippen molar-refractivity contribution < 1.29 is 41.8 Å². The Labute approximate surface area is 216 Å². The van der Waals surface area contributed by atoms with Crippen LogP contribution in [-0.2, 0) is 19.1 Å². The minimum Gasteiger partial charge on any atom is -0.462 e. The largest absolute Gasteiger partial charge is 0.462 e. The van der Waals surface area contributed by atoms with Gasteiger partial charge in [0.25, 0.3) is 11.7 Å². The maximum Gasteiger partial charge on any atom is 0.454 e. The van der Waals surface area contributed by atoms with Gasteiger partial charge >= 0.3 is 18.1 Å². The van der Waals surface area contributed by atoms with Crippen molar-refractivity contribution in [3.8, 4) is 10.4 Å². The minimum atomic E-state index is -5.02. The number of ketones is 1. The third-order valence-corrected chi connectivity index (χ3v) is 6.34. The zero-order valence-electron chi connectivity index (χ0n) is 19.1. The second-order valence-corrected chi connectivity index (χ2v) is 8.89. The number of carbonyl (C=O) groups is 4. The highest BCUT2D eigenvalue weighted by Crippen LogP contribution is 2.38. The number of carbonyl (C=O) groups excluding carboxylic acids is 4. The predicted molar refractivity (Wildman–Crippen MR) is 133 cm³/mol. The number of anilines is 2. The molecule has 3 rings (SSSR count). The number of hydrogen-bond donors (Lipinski definition) is 2. The second kappa shape index (κ2) is 12.3. The molecule has 0 bridgehead atoms. The number of ether oxygens (including phenoxy) is 2. The van der Waals surface area contributed by atoms with Crippen LogP contribution in [0.4, 0.5) is 23.9 Å². The van der Waals surface area contributed by atoms with Crippen LogP contribution in [0, 0.1) is 0 Å². The van der Waals surface area contributed by atoms with Crippen LogP contribution in [-0.4, -0.2) is 43.0 Å². The SMILES string of the molecule is CCOC(=O)c1c(-c2cccs2)csc1NC(=O)COC(=O)c1ccccc1NC=CC(=O)C(F)(F)F. The smallest absolute Gasteiger partial charge is 0.454 e. The van der Waals surface area contributed by atoms with E-state index in [2.05, 4.69) is 10.6 Å². The Bertz CT molecular complexity index is 1320. The van der Waals surface area contributed by atoms with E-state index in [9.17, 15) is 32.3 Å². The molecule has 0 fully saturated rings. The number of rotatable bonds is 10. The van der Waals surface area contributed by atoms with Gasteiger partial charge in [-0.05, 0) is 30.5 Å². The molecule has 0 aliphatic carbocycles. The minimum absolute atomic E-state index is 0.0579. The Kier molecular flexibility index (Phi) is 9.20. The third-order valence-electron chi connectivity index (χ3n) is 4.54. The molecule has 2 aromatic heterocycles. The molecule has 0 aliphatic heterocycles. The lowest BCUT2D eigenvalue weighted by atomic mass is 10.1. The third kappa shape index (κ3) is 7.27. The average molecular weight is 553 g/mol. The van der Waals surface area contributed by atoms with Gasteiger partial charge < -0.3 is 20.1 Å². The molecular weight excluding hydrogens is 533 g/mol. The molecule has 0 saturated heterocycles. The van der Waals surface area contributed by atoms with Crippen molar-refractivity contribution in [3.05, 3.63) is 70.6 Å². The van der Waals surface area contributed by atoms with Gasteiger partial charge in [0.1, 0.15) is 10.6 Å². The highest BCUT2D eigenvalue weighted by atomic mass is 32.1. The van der Waals surface area contributed by atoms with Gasteiger partial charge in [-0.2, -0.15) is 13.2 Å². The summed E-state index contributed by atoms with van der Waals surface area (Å²) in [5.74, 6) is -4.35. The van der Waals surface area contributed by atoms with Crippen LogP contribution in [0.15, 0.2) is 59.4 Å². The number of halogens is 3. The molecule has 13 heteroatoms. The molecule has 37 heavy (non-hydrogen) atoms. The van der Waals surface area contributed by atoms with E-state index in [-0.39, 0.29) is 34.5 Å². The number of para-hydroxylation sites is 1. The number of nitrogens with one attached hydrogen (secondary N) is 2. The summed E-state index contributed by atoms with van der Waals surface area (Å²) < 4.78 is 47.2. The molecule has 0 atom stereocenters. The summed E-state index contributed by atoms with van der Waals surface area (Å²) in [5.41, 5.74) is 0.761. The average Bonchev–Trinajstić information content (AvgIpc) is 3.52. The van der Waals surface area contributed by atoms with Crippen LogP contribution in [0.25, 0.3) is 10.4 Å². The summed E-state index contributed by atoms with van der Waals surface area (Å²) >= 11 is 2.52. The summed E-state index contributed by atoms with van der Waals surface area (Å²) in [7, 11) is 0. The van der Waals surface area contributed by atoms with Crippen molar-refractivity contribution in [1.82, 2.24) is 0 Å². The lowest BCUT2D eigenvalue weighted by Crippen LogP contribution is -2.22. The van der Waals surface area contributed by atoms with Crippen LogP contribution in [0.1, 0.15) is 27.6 Å². The van der Waals surface area contributed by atoms with Crippen LogP contribution in [0.3, 0.4) is 0 Å². The van der Waals surface area contributed by atoms with E-state index in [1.54, 1.807) is 12.3 Å². The standard InChI is InChI=1S/C24H19F3N2O6S2/c1-2-34-23(33)20-15(17-8-5-11-36-17)13-37-21(20)29-19(31)12-35-22(32)14-6-3-4-7-16(14)28-10-9-18(30)24(25,26)27/h3-11,13,28H,2,12H2,1H3,(H,29,31). The Morgan fingerprint density at radius 1 is 1.00 bits per heavy atom. The Morgan fingerprint density at radius 3 is 2.43 bits per heavy atom. The monoisotopic (exact) mass is 552 g/mol. The number of hydrogen-bond acceptors (Lipinski definition) is 9. The van der Waals surface area contributed by atoms with Crippen LogP contribution >= 0.6 is 22.7 Å². The quantitative estimate of drug-likeness (QED) is 0.252. The van der Waals surface area contributed by atoms with Gasteiger partial charge in [0.05, 0.1) is 17.9 Å². The fraction of sp³-hybridized carbons (Fsp3) is 0.167. The molecule has 0 unspecified atom stereocenters. The molecule has 8 nitrogen and oxygen atoms in total. The molecule has 1 amide bonds. The number of alkyl halides is 3. The number of thiophene rings is 2. The molecule has 1 aromatic carbocycles. The zero-order chi connectivity index (χ0) is 27.0. The molecule has 0 saturated carbocycles. The summed E-state index contributed by atoms with van der Waals surface area (Å²) in [6.45, 7) is 1.09. The van der Waals surface area contributed by atoms with E-state index in [1.807, 2.05) is 17.5 Å². The normalized spacial score (nSPS) is 11.2. The first-order valence-corrected chi connectivity index (χ1v) is 12.3. The number of allylic oxidation sites excluding steroid dienone is 1. The summed E-state index contributed by atoms with van der Waals surface area (Å²) in [6, 6.07) is 9.33. The lowest BCUT2D eigenvalue weighted by molar-refractivity contribution is -0.165. The van der Waals surface area contributed by atoms with Crippen molar-refractivity contribution in [3.63, 3.8) is 0 Å². The van der Waals surface area contributed by atoms with Crippen molar-refractivity contribution in [2.75, 3.05) is 23.8 Å². The first-order chi connectivity index (χ1) is 17.6. The van der Waals surface area contributed by atoms with Gasteiger partial charge in [0.2, 0.25) is 0 Å². The molecule has 3 aromatic rings. The van der Waals surface area contributed by atoms with Gasteiger partial charge in [-0.15, -0.1) is 22.7 Å². The molecule has 0 radical (unpaired) electrons. The topological polar surface area (TPSA) is 111 Å². The fourth-order valence-electron chi connectivity index (χ4n) is 2.93. The van der Waals surface area contributed by atoms with Crippen LogP contribution < -0.4 is 10.6 Å². The maximum absolute atomic E-state index is 12.6. The van der Waals surface area contributed by atoms with Crippen molar-refractivity contribution in [1.29, 1.82) is 0 Å². The zero-order valence-corrected chi connectivity index (χ0v) is 20.7. The first kappa shape index (κ1) is 27.6. The van der Waals surface area contributed by atoms with Gasteiger partial charge in [0.15, 0.2) is 6.61 Å². The highest BCUT2D eigenvalue weighted by molar-refractivity contribution is 7.17. The van der Waals surface area contributed by atoms with Gasteiger partial charge in [0, 0.05) is 28.1 Å². The van der Waals surface area contributed by atoms with Crippen LogP contribution in [0.5, 0.6) is 0 Å². The van der Waals surface area contributed by atoms with E-state index in [4.69, 9.17) is 9.47 Å². The van der Waals surface area contributed by atoms with E-state index in [0.29, 0.717) is 5.56 Å². The van der Waals surface area contributed by atoms with Gasteiger partial charge in [-0.25, -0.2) is 9.59 Å². The van der Waals surface area contributed by atoms with E-state index in [1.165, 1.54) is 35.6 Å². The summed E-state index contributed by atoms with van der Waals surface area (Å²) in [4.78, 5) is 49.3. The van der Waals surface area contributed by atoms with Crippen LogP contribution in [0.2, 0.25) is 0 Å². The number of benzene rings is 1. The molecule has 0 aliphatic rings. The van der Waals surface area contributed by atoms with Crippen molar-refractivity contribution in [2.24, 2.45) is 0 Å². The Morgan fingerprint density at radius 2 is 1.76 bits per heavy atom. The Balaban J connectivity index is 1.67. The van der Waals surface area contributed by atoms with Crippen molar-refractivity contribution in [2.45, 2.75) is 13.1 Å². The van der Waals surface area contributed by atoms with Gasteiger partial charge in [-0.1, -0.05) is 18.2 Å². The summed E-state index contributed by atoms with van der Waals surface area (Å²) in [5, 5.41) is 8.75. The maximum atomic E-state index is 12.6. The molecule has 0 spiro atoms. The van der Waals surface area contributed by atoms with Gasteiger partial charge in [-0.3, -0.25) is 9.59 Å². The fourth-order valence-corrected chi connectivity index (χ4v) is 4.72. The van der Waals surface area contributed by atoms with E-state index in [0.717, 1.165) is 22.4 Å². The highest BCUT2D eigenvalue weighted by Gasteiger charge is 2.36. The summed E-state index contributed by atoms with van der Waals surface area (Å²) in [6.07, 6.45) is -4.00.